The van der Waals surface area contributed by atoms with E-state index in [1.165, 1.54) is 5.56 Å². The molecule has 0 heterocycles. The summed E-state index contributed by atoms with van der Waals surface area (Å²) in [6, 6.07) is 7.67. The van der Waals surface area contributed by atoms with Crippen LogP contribution in [0.25, 0.3) is 0 Å². The molecule has 0 aliphatic carbocycles. The average molecular weight is 312 g/mol. The second-order valence-corrected chi connectivity index (χ2v) is 7.56. The Morgan fingerprint density at radius 2 is 1.76 bits per heavy atom. The molecule has 5 heteroatoms. The van der Waals surface area contributed by atoms with Crippen LogP contribution in [0.3, 0.4) is 0 Å². The van der Waals surface area contributed by atoms with E-state index in [0.717, 1.165) is 32.2 Å². The number of nitrogens with one attached hydrogen (secondary N) is 2. The molecule has 0 spiro atoms. The summed E-state index contributed by atoms with van der Waals surface area (Å²) in [6.07, 6.45) is 4.36. The predicted octanol–water partition coefficient (Wildman–Crippen LogP) is 3.16. The van der Waals surface area contributed by atoms with E-state index in [1.807, 2.05) is 24.3 Å². The first kappa shape index (κ1) is 18.0. The van der Waals surface area contributed by atoms with Gasteiger partial charge in [0.15, 0.2) is 0 Å². The third-order valence-electron chi connectivity index (χ3n) is 3.42. The fraction of sp³-hybridized carbons (Fsp3) is 0.625. The second kappa shape index (κ2) is 9.05. The number of benzene rings is 1. The fourth-order valence-corrected chi connectivity index (χ4v) is 2.98. The van der Waals surface area contributed by atoms with E-state index in [4.69, 9.17) is 0 Å². The van der Waals surface area contributed by atoms with Crippen molar-refractivity contribution in [1.82, 2.24) is 5.32 Å². The van der Waals surface area contributed by atoms with Crippen molar-refractivity contribution in [3.63, 3.8) is 0 Å². The summed E-state index contributed by atoms with van der Waals surface area (Å²) >= 11 is 0. The maximum atomic E-state index is 12.2. The Kier molecular flexibility index (Phi) is 7.75. The van der Waals surface area contributed by atoms with Gasteiger partial charge in [-0.25, -0.2) is 8.42 Å². The highest BCUT2D eigenvalue weighted by Gasteiger charge is 2.20. The Morgan fingerprint density at radius 3 is 2.33 bits per heavy atom. The maximum absolute atomic E-state index is 12.2. The highest BCUT2D eigenvalue weighted by atomic mass is 32.2. The van der Waals surface area contributed by atoms with Crippen molar-refractivity contribution in [3.8, 4) is 0 Å². The molecule has 1 unspecified atom stereocenters. The maximum Gasteiger partial charge on any atom is 0.236 e. The van der Waals surface area contributed by atoms with Crippen LogP contribution in [0.5, 0.6) is 0 Å². The highest BCUT2D eigenvalue weighted by molar-refractivity contribution is 7.93. The third kappa shape index (κ3) is 6.48. The largest absolute Gasteiger partial charge is 0.315 e. The second-order valence-electron chi connectivity index (χ2n) is 5.46. The Balaban J connectivity index is 2.58. The number of unbranched alkanes of at least 4 members (excludes halogenated alkanes) is 1. The molecule has 1 aromatic rings. The molecule has 21 heavy (non-hydrogen) atoms. The molecule has 0 saturated heterocycles. The summed E-state index contributed by atoms with van der Waals surface area (Å²) < 4.78 is 27.1. The third-order valence-corrected chi connectivity index (χ3v) is 5.17. The molecule has 0 amide bonds. The van der Waals surface area contributed by atoms with Gasteiger partial charge in [-0.15, -0.1) is 0 Å². The van der Waals surface area contributed by atoms with Gasteiger partial charge < -0.3 is 5.32 Å². The van der Waals surface area contributed by atoms with Crippen molar-refractivity contribution in [3.05, 3.63) is 29.8 Å². The van der Waals surface area contributed by atoms with Crippen LogP contribution in [-0.4, -0.2) is 26.8 Å². The van der Waals surface area contributed by atoms with Gasteiger partial charge in [0.1, 0.15) is 0 Å². The van der Waals surface area contributed by atoms with E-state index < -0.39 is 15.3 Å². The molecule has 4 nitrogen and oxygen atoms in total. The Bertz CT molecular complexity index is 498. The quantitative estimate of drug-likeness (QED) is 0.652. The SMILES string of the molecule is CCCCc1ccc(NS(=O)(=O)C(C)CNCCC)cc1. The number of hydrogen-bond donors (Lipinski definition) is 2. The van der Waals surface area contributed by atoms with E-state index in [2.05, 4.69) is 23.9 Å². The molecule has 0 aliphatic heterocycles. The van der Waals surface area contributed by atoms with Crippen LogP contribution in [0.15, 0.2) is 24.3 Å². The molecule has 120 valence electrons. The number of anilines is 1. The zero-order valence-electron chi connectivity index (χ0n) is 13.4. The van der Waals surface area contributed by atoms with Crippen molar-refractivity contribution < 1.29 is 8.42 Å². The minimum Gasteiger partial charge on any atom is -0.315 e. The van der Waals surface area contributed by atoms with Crippen molar-refractivity contribution in [2.24, 2.45) is 0 Å². The summed E-state index contributed by atoms with van der Waals surface area (Å²) in [5, 5.41) is 2.69. The number of aryl methyl sites for hydroxylation is 1. The molecular formula is C16H28N2O2S. The van der Waals surface area contributed by atoms with Crippen molar-refractivity contribution in [2.45, 2.75) is 51.7 Å². The Morgan fingerprint density at radius 1 is 1.10 bits per heavy atom. The summed E-state index contributed by atoms with van der Waals surface area (Å²) in [5.74, 6) is 0. The molecule has 2 N–H and O–H groups in total. The Hall–Kier alpha value is -1.07. The van der Waals surface area contributed by atoms with Gasteiger partial charge in [0.05, 0.1) is 5.25 Å². The first-order valence-corrected chi connectivity index (χ1v) is 9.35. The van der Waals surface area contributed by atoms with Crippen LogP contribution in [-0.2, 0) is 16.4 Å². The first-order valence-electron chi connectivity index (χ1n) is 7.80. The molecule has 0 radical (unpaired) electrons. The highest BCUT2D eigenvalue weighted by Crippen LogP contribution is 2.14. The first-order chi connectivity index (χ1) is 9.99. The fourth-order valence-electron chi connectivity index (χ4n) is 1.98. The van der Waals surface area contributed by atoms with Gasteiger partial charge in [-0.2, -0.15) is 0 Å². The van der Waals surface area contributed by atoms with E-state index in [9.17, 15) is 8.42 Å². The van der Waals surface area contributed by atoms with Crippen LogP contribution in [0.2, 0.25) is 0 Å². The lowest BCUT2D eigenvalue weighted by Gasteiger charge is -2.15. The summed E-state index contributed by atoms with van der Waals surface area (Å²) in [6.45, 7) is 7.26. The van der Waals surface area contributed by atoms with Gasteiger partial charge in [0, 0.05) is 12.2 Å². The molecular weight excluding hydrogens is 284 g/mol. The summed E-state index contributed by atoms with van der Waals surface area (Å²) in [7, 11) is -3.34. The molecule has 1 rings (SSSR count). The van der Waals surface area contributed by atoms with E-state index in [-0.39, 0.29) is 0 Å². The van der Waals surface area contributed by atoms with Gasteiger partial charge in [-0.3, -0.25) is 4.72 Å². The number of hydrogen-bond acceptors (Lipinski definition) is 3. The van der Waals surface area contributed by atoms with Gasteiger partial charge in [0.25, 0.3) is 0 Å². The predicted molar refractivity (Wildman–Crippen MR) is 90.2 cm³/mol. The minimum atomic E-state index is -3.34. The standard InChI is InChI=1S/C16H28N2O2S/c1-4-6-7-15-8-10-16(11-9-15)18-21(19,20)14(3)13-17-12-5-2/h8-11,14,17-18H,4-7,12-13H2,1-3H3. The molecule has 1 aromatic carbocycles. The van der Waals surface area contributed by atoms with E-state index in [0.29, 0.717) is 12.2 Å². The van der Waals surface area contributed by atoms with Gasteiger partial charge in [-0.05, 0) is 50.4 Å². The summed E-state index contributed by atoms with van der Waals surface area (Å²) in [5.41, 5.74) is 1.88. The average Bonchev–Trinajstić information content (AvgIpc) is 2.46. The lowest BCUT2D eigenvalue weighted by molar-refractivity contribution is 0.576. The van der Waals surface area contributed by atoms with Gasteiger partial charge >= 0.3 is 0 Å². The van der Waals surface area contributed by atoms with Gasteiger partial charge in [0.2, 0.25) is 10.0 Å². The van der Waals surface area contributed by atoms with E-state index >= 15 is 0 Å². The zero-order chi connectivity index (χ0) is 15.7. The van der Waals surface area contributed by atoms with Crippen LogP contribution in [0.4, 0.5) is 5.69 Å². The lowest BCUT2D eigenvalue weighted by atomic mass is 10.1. The molecule has 0 aliphatic rings. The topological polar surface area (TPSA) is 58.2 Å². The van der Waals surface area contributed by atoms with Crippen LogP contribution >= 0.6 is 0 Å². The van der Waals surface area contributed by atoms with Crippen molar-refractivity contribution in [1.29, 1.82) is 0 Å². The molecule has 0 fully saturated rings. The summed E-state index contributed by atoms with van der Waals surface area (Å²) in [4.78, 5) is 0. The normalized spacial score (nSPS) is 13.1. The molecule has 1 atom stereocenters. The van der Waals surface area contributed by atoms with E-state index in [1.54, 1.807) is 6.92 Å². The molecule has 0 bridgehead atoms. The van der Waals surface area contributed by atoms with Crippen molar-refractivity contribution in [2.75, 3.05) is 17.8 Å². The van der Waals surface area contributed by atoms with Gasteiger partial charge in [-0.1, -0.05) is 32.4 Å². The smallest absolute Gasteiger partial charge is 0.236 e. The molecule has 0 saturated carbocycles. The number of sulfonamides is 1. The Labute approximate surface area is 129 Å². The molecule has 0 aromatic heterocycles. The minimum absolute atomic E-state index is 0.455. The lowest BCUT2D eigenvalue weighted by Crippen LogP contribution is -2.35. The number of rotatable bonds is 10. The monoisotopic (exact) mass is 312 g/mol. The van der Waals surface area contributed by atoms with Crippen LogP contribution < -0.4 is 10.0 Å². The zero-order valence-corrected chi connectivity index (χ0v) is 14.2. The van der Waals surface area contributed by atoms with Crippen LogP contribution in [0.1, 0.15) is 45.6 Å². The van der Waals surface area contributed by atoms with Crippen molar-refractivity contribution >= 4 is 15.7 Å². The van der Waals surface area contributed by atoms with Crippen LogP contribution in [0, 0.1) is 0 Å².